The largest absolute Gasteiger partial charge is 0.334 e. The molecule has 1 aliphatic heterocycles. The van der Waals surface area contributed by atoms with Gasteiger partial charge in [0.2, 0.25) is 0 Å². The van der Waals surface area contributed by atoms with Crippen molar-refractivity contribution in [2.75, 3.05) is 13.1 Å². The van der Waals surface area contributed by atoms with Crippen LogP contribution in [0.25, 0.3) is 11.3 Å². The molecule has 0 spiro atoms. The van der Waals surface area contributed by atoms with Crippen molar-refractivity contribution >= 4 is 28.8 Å². The predicted octanol–water partition coefficient (Wildman–Crippen LogP) is 3.34. The Morgan fingerprint density at radius 3 is 3.09 bits per heavy atom. The van der Waals surface area contributed by atoms with Crippen molar-refractivity contribution in [2.24, 2.45) is 5.73 Å². The van der Waals surface area contributed by atoms with Crippen molar-refractivity contribution in [3.8, 4) is 11.3 Å². The topological polar surface area (TPSA) is 59.2 Å². The van der Waals surface area contributed by atoms with E-state index in [0.717, 1.165) is 35.7 Å². The molecule has 116 valence electrons. The fourth-order valence-corrected chi connectivity index (χ4v) is 3.97. The monoisotopic (exact) mass is 335 g/mol. The Balaban J connectivity index is 1.99. The van der Waals surface area contributed by atoms with Crippen LogP contribution in [0, 0.1) is 6.92 Å². The summed E-state index contributed by atoms with van der Waals surface area (Å²) in [5, 5.41) is 1.52. The molecule has 3 rings (SSSR count). The number of amides is 1. The van der Waals surface area contributed by atoms with Crippen molar-refractivity contribution in [3.05, 3.63) is 39.2 Å². The molecule has 0 saturated carbocycles. The number of likely N-dealkylation sites (tertiary alicyclic amines) is 1. The highest BCUT2D eigenvalue weighted by Gasteiger charge is 2.31. The van der Waals surface area contributed by atoms with E-state index in [0.29, 0.717) is 16.4 Å². The van der Waals surface area contributed by atoms with Crippen LogP contribution in [0.5, 0.6) is 0 Å². The maximum Gasteiger partial charge on any atom is 0.266 e. The van der Waals surface area contributed by atoms with Crippen LogP contribution in [-0.2, 0) is 0 Å². The van der Waals surface area contributed by atoms with Crippen molar-refractivity contribution in [2.45, 2.75) is 25.8 Å². The van der Waals surface area contributed by atoms with Gasteiger partial charge in [0.05, 0.1) is 10.7 Å². The Labute approximate surface area is 138 Å². The molecule has 6 heteroatoms. The van der Waals surface area contributed by atoms with Crippen LogP contribution in [-0.4, -0.2) is 34.9 Å². The Morgan fingerprint density at radius 1 is 1.55 bits per heavy atom. The Bertz CT molecular complexity index is 700. The van der Waals surface area contributed by atoms with Gasteiger partial charge in [-0.15, -0.1) is 11.3 Å². The summed E-state index contributed by atoms with van der Waals surface area (Å²) in [4.78, 5) is 20.0. The Morgan fingerprint density at radius 2 is 2.36 bits per heavy atom. The van der Waals surface area contributed by atoms with Gasteiger partial charge in [-0.25, -0.2) is 4.98 Å². The molecule has 1 saturated heterocycles. The average Bonchev–Trinajstić information content (AvgIpc) is 3.12. The number of nitrogens with two attached hydrogens (primary N) is 1. The highest BCUT2D eigenvalue weighted by atomic mass is 35.5. The number of aryl methyl sites for hydroxylation is 1. The van der Waals surface area contributed by atoms with Gasteiger partial charge >= 0.3 is 0 Å². The van der Waals surface area contributed by atoms with Crippen LogP contribution in [0.3, 0.4) is 0 Å². The number of carbonyl (C=O) groups excluding carboxylic acids is 1. The third-order valence-corrected chi connectivity index (χ3v) is 5.13. The lowest BCUT2D eigenvalue weighted by molar-refractivity contribution is 0.0746. The van der Waals surface area contributed by atoms with Crippen LogP contribution < -0.4 is 5.73 Å². The van der Waals surface area contributed by atoms with Crippen LogP contribution in [0.15, 0.2) is 24.3 Å². The maximum atomic E-state index is 12.9. The molecule has 2 N–H and O–H groups in total. The first kappa shape index (κ1) is 15.5. The lowest BCUT2D eigenvalue weighted by Crippen LogP contribution is -2.39. The van der Waals surface area contributed by atoms with Crippen LogP contribution in [0.1, 0.15) is 27.5 Å². The zero-order chi connectivity index (χ0) is 15.7. The minimum absolute atomic E-state index is 0.0357. The fraction of sp³-hybridized carbons (Fsp3) is 0.375. The van der Waals surface area contributed by atoms with Crippen LogP contribution in [0.4, 0.5) is 0 Å². The third kappa shape index (κ3) is 2.89. The number of nitrogens with zero attached hydrogens (tertiary/aromatic N) is 2. The molecule has 1 aromatic carbocycles. The van der Waals surface area contributed by atoms with E-state index in [1.54, 1.807) is 0 Å². The van der Waals surface area contributed by atoms with Gasteiger partial charge in [0.25, 0.3) is 5.91 Å². The first-order valence-electron chi connectivity index (χ1n) is 7.34. The van der Waals surface area contributed by atoms with Gasteiger partial charge in [0.15, 0.2) is 0 Å². The minimum Gasteiger partial charge on any atom is -0.334 e. The van der Waals surface area contributed by atoms with E-state index in [1.165, 1.54) is 11.3 Å². The molecule has 2 heterocycles. The number of hydrogen-bond acceptors (Lipinski definition) is 4. The molecule has 4 nitrogen and oxygen atoms in total. The van der Waals surface area contributed by atoms with Crippen LogP contribution >= 0.6 is 22.9 Å². The van der Waals surface area contributed by atoms with Crippen LogP contribution in [0.2, 0.25) is 5.02 Å². The Kier molecular flexibility index (Phi) is 4.47. The molecule has 1 amide bonds. The molecular formula is C16H18ClN3OS. The molecule has 1 aliphatic rings. The second-order valence-corrected chi connectivity index (χ2v) is 7.09. The average molecular weight is 336 g/mol. The molecule has 0 radical (unpaired) electrons. The van der Waals surface area contributed by atoms with Gasteiger partial charge in [-0.2, -0.15) is 0 Å². The third-order valence-electron chi connectivity index (χ3n) is 3.94. The van der Waals surface area contributed by atoms with Crippen molar-refractivity contribution in [3.63, 3.8) is 0 Å². The summed E-state index contributed by atoms with van der Waals surface area (Å²) in [6, 6.07) is 7.61. The van der Waals surface area contributed by atoms with E-state index >= 15 is 0 Å². The van der Waals surface area contributed by atoms with Gasteiger partial charge in [-0.05, 0) is 31.9 Å². The molecule has 0 bridgehead atoms. The number of benzene rings is 1. The van der Waals surface area contributed by atoms with Gasteiger partial charge in [-0.3, -0.25) is 4.79 Å². The SMILES string of the molecule is Cc1nc(-c2cccc(Cl)c2)c(C(=O)N2CCC[C@H]2CN)s1. The highest BCUT2D eigenvalue weighted by Crippen LogP contribution is 2.32. The van der Waals surface area contributed by atoms with E-state index in [9.17, 15) is 4.79 Å². The molecule has 1 atom stereocenters. The molecule has 1 fully saturated rings. The number of carbonyl (C=O) groups is 1. The van der Waals surface area contributed by atoms with Crippen molar-refractivity contribution in [1.29, 1.82) is 0 Å². The van der Waals surface area contributed by atoms with Gasteiger partial charge in [-0.1, -0.05) is 23.7 Å². The van der Waals surface area contributed by atoms with E-state index in [1.807, 2.05) is 36.1 Å². The first-order chi connectivity index (χ1) is 10.6. The first-order valence-corrected chi connectivity index (χ1v) is 8.54. The van der Waals surface area contributed by atoms with Gasteiger partial charge < -0.3 is 10.6 Å². The quantitative estimate of drug-likeness (QED) is 0.935. The lowest BCUT2D eigenvalue weighted by atomic mass is 10.1. The molecule has 0 aliphatic carbocycles. The molecule has 22 heavy (non-hydrogen) atoms. The highest BCUT2D eigenvalue weighted by molar-refractivity contribution is 7.14. The summed E-state index contributed by atoms with van der Waals surface area (Å²) in [5.41, 5.74) is 7.39. The zero-order valence-corrected chi connectivity index (χ0v) is 14.0. The van der Waals surface area contributed by atoms with E-state index in [2.05, 4.69) is 4.98 Å². The number of halogens is 1. The van der Waals surface area contributed by atoms with Gasteiger partial charge in [0, 0.05) is 29.7 Å². The summed E-state index contributed by atoms with van der Waals surface area (Å²) >= 11 is 7.51. The molecule has 1 aromatic heterocycles. The standard InChI is InChI=1S/C16H18ClN3OS/c1-10-19-14(11-4-2-5-12(17)8-11)15(22-10)16(21)20-7-3-6-13(20)9-18/h2,4-5,8,13H,3,6-7,9,18H2,1H3/t13-/m0/s1. The smallest absolute Gasteiger partial charge is 0.266 e. The summed E-state index contributed by atoms with van der Waals surface area (Å²) in [7, 11) is 0. The summed E-state index contributed by atoms with van der Waals surface area (Å²) < 4.78 is 0. The van der Waals surface area contributed by atoms with E-state index < -0.39 is 0 Å². The maximum absolute atomic E-state index is 12.9. The fourth-order valence-electron chi connectivity index (χ4n) is 2.88. The predicted molar refractivity (Wildman–Crippen MR) is 90.4 cm³/mol. The summed E-state index contributed by atoms with van der Waals surface area (Å²) in [5.74, 6) is 0.0357. The van der Waals surface area contributed by atoms with E-state index in [4.69, 9.17) is 17.3 Å². The van der Waals surface area contributed by atoms with E-state index in [-0.39, 0.29) is 11.9 Å². The second-order valence-electron chi connectivity index (χ2n) is 5.45. The number of aromatic nitrogens is 1. The van der Waals surface area contributed by atoms with Gasteiger partial charge in [0.1, 0.15) is 4.88 Å². The number of rotatable bonds is 3. The molecule has 0 unspecified atom stereocenters. The minimum atomic E-state index is 0.0357. The Hall–Kier alpha value is -1.43. The number of thiazole rings is 1. The summed E-state index contributed by atoms with van der Waals surface area (Å²) in [6.07, 6.45) is 1.99. The second kappa shape index (κ2) is 6.36. The summed E-state index contributed by atoms with van der Waals surface area (Å²) in [6.45, 7) is 3.20. The van der Waals surface area contributed by atoms with Crippen molar-refractivity contribution in [1.82, 2.24) is 9.88 Å². The zero-order valence-electron chi connectivity index (χ0n) is 12.4. The number of hydrogen-bond donors (Lipinski definition) is 1. The molecule has 2 aromatic rings. The molecular weight excluding hydrogens is 318 g/mol. The van der Waals surface area contributed by atoms with Crippen molar-refractivity contribution < 1.29 is 4.79 Å². The normalized spacial score (nSPS) is 18.0. The lowest BCUT2D eigenvalue weighted by Gasteiger charge is -2.23.